The molecule has 4 nitrogen and oxygen atoms in total. The topological polar surface area (TPSA) is 49.4 Å². The number of hydrogen-bond donors (Lipinski definition) is 1. The highest BCUT2D eigenvalue weighted by atomic mass is 79.9. The minimum atomic E-state index is -4.88. The quantitative estimate of drug-likeness (QED) is 0.793. The van der Waals surface area contributed by atoms with Crippen molar-refractivity contribution in [3.8, 4) is 0 Å². The number of amides is 3. The van der Waals surface area contributed by atoms with Gasteiger partial charge in [-0.2, -0.15) is 13.2 Å². The number of imide groups is 1. The van der Waals surface area contributed by atoms with Crippen molar-refractivity contribution >= 4 is 39.5 Å². The molecule has 1 aliphatic heterocycles. The number of carbonyl (C=O) groups is 2. The molecule has 1 aliphatic rings. The molecule has 0 aromatic heterocycles. The molecule has 114 valence electrons. The van der Waals surface area contributed by atoms with Crippen LogP contribution in [0.3, 0.4) is 0 Å². The Labute approximate surface area is 131 Å². The molecule has 1 N–H and O–H groups in total. The molecule has 2 rings (SSSR count). The van der Waals surface area contributed by atoms with Crippen LogP contribution in [0.15, 0.2) is 22.7 Å². The van der Waals surface area contributed by atoms with E-state index in [9.17, 15) is 22.8 Å². The molecular weight excluding hydrogens is 376 g/mol. The van der Waals surface area contributed by atoms with E-state index in [4.69, 9.17) is 11.6 Å². The summed E-state index contributed by atoms with van der Waals surface area (Å²) >= 11 is 9.13. The van der Waals surface area contributed by atoms with Crippen LogP contribution in [0.5, 0.6) is 0 Å². The lowest BCUT2D eigenvalue weighted by atomic mass is 10.0. The number of urea groups is 1. The number of carbonyl (C=O) groups excluding carboxylic acids is 2. The van der Waals surface area contributed by atoms with E-state index < -0.39 is 23.7 Å². The average Bonchev–Trinajstić information content (AvgIpc) is 2.56. The molecule has 9 heteroatoms. The lowest BCUT2D eigenvalue weighted by molar-refractivity contribution is -0.191. The number of alkyl halides is 3. The molecule has 0 spiro atoms. The first-order chi connectivity index (χ1) is 9.56. The average molecular weight is 386 g/mol. The Morgan fingerprint density at radius 1 is 1.38 bits per heavy atom. The third kappa shape index (κ3) is 2.74. The van der Waals surface area contributed by atoms with E-state index >= 15 is 0 Å². The van der Waals surface area contributed by atoms with Crippen molar-refractivity contribution in [2.45, 2.75) is 25.2 Å². The SMILES string of the molecule is CC1(C(F)(F)F)NC(=O)N(Cc2ccc(Br)cc2Cl)C1=O. The maximum Gasteiger partial charge on any atom is 0.420 e. The lowest BCUT2D eigenvalue weighted by Crippen LogP contribution is -2.56. The van der Waals surface area contributed by atoms with Crippen molar-refractivity contribution < 1.29 is 22.8 Å². The van der Waals surface area contributed by atoms with Gasteiger partial charge in [-0.1, -0.05) is 33.6 Å². The van der Waals surface area contributed by atoms with E-state index in [1.54, 1.807) is 11.4 Å². The summed E-state index contributed by atoms with van der Waals surface area (Å²) in [6.07, 6.45) is -4.88. The molecular formula is C12H9BrClF3N2O2. The molecule has 3 amide bonds. The molecule has 1 unspecified atom stereocenters. The number of nitrogens with zero attached hydrogens (tertiary/aromatic N) is 1. The molecule has 0 radical (unpaired) electrons. The first-order valence-electron chi connectivity index (χ1n) is 5.71. The van der Waals surface area contributed by atoms with E-state index in [0.717, 1.165) is 0 Å². The Balaban J connectivity index is 2.30. The molecule has 1 aromatic rings. The summed E-state index contributed by atoms with van der Waals surface area (Å²) in [5.41, 5.74) is -2.54. The van der Waals surface area contributed by atoms with Crippen LogP contribution in [0.2, 0.25) is 5.02 Å². The lowest BCUT2D eigenvalue weighted by Gasteiger charge is -2.24. The first kappa shape index (κ1) is 16.1. The maximum atomic E-state index is 12.9. The molecule has 0 saturated carbocycles. The second kappa shape index (κ2) is 5.17. The van der Waals surface area contributed by atoms with Gasteiger partial charge in [0.2, 0.25) is 5.54 Å². The Morgan fingerprint density at radius 2 is 2.00 bits per heavy atom. The minimum Gasteiger partial charge on any atom is -0.316 e. The second-order valence-electron chi connectivity index (χ2n) is 4.68. The predicted octanol–water partition coefficient (Wildman–Crippen LogP) is 3.48. The van der Waals surface area contributed by atoms with E-state index in [1.807, 2.05) is 0 Å². The van der Waals surface area contributed by atoms with Crippen LogP contribution >= 0.6 is 27.5 Å². The van der Waals surface area contributed by atoms with Crippen LogP contribution in [0.25, 0.3) is 0 Å². The summed E-state index contributed by atoms with van der Waals surface area (Å²) in [6, 6.07) is 3.57. The standard InChI is InChI=1S/C12H9BrClF3N2O2/c1-11(12(15,16)17)9(20)19(10(21)18-11)5-6-2-3-7(13)4-8(6)14/h2-4H,5H2,1H3,(H,18,21). The van der Waals surface area contributed by atoms with Crippen molar-refractivity contribution in [1.29, 1.82) is 0 Å². The Hall–Kier alpha value is -1.28. The monoisotopic (exact) mass is 384 g/mol. The van der Waals surface area contributed by atoms with Crippen LogP contribution in [-0.4, -0.2) is 28.6 Å². The number of nitrogens with one attached hydrogen (secondary N) is 1. The van der Waals surface area contributed by atoms with Crippen LogP contribution < -0.4 is 5.32 Å². The summed E-state index contributed by atoms with van der Waals surface area (Å²) in [7, 11) is 0. The van der Waals surface area contributed by atoms with Crippen molar-refractivity contribution in [2.75, 3.05) is 0 Å². The van der Waals surface area contributed by atoms with Gasteiger partial charge in [0.15, 0.2) is 0 Å². The largest absolute Gasteiger partial charge is 0.420 e. The van der Waals surface area contributed by atoms with Gasteiger partial charge in [0.05, 0.1) is 6.54 Å². The number of hydrogen-bond acceptors (Lipinski definition) is 2. The zero-order valence-corrected chi connectivity index (χ0v) is 12.9. The van der Waals surface area contributed by atoms with Crippen LogP contribution in [0.1, 0.15) is 12.5 Å². The molecule has 1 heterocycles. The molecule has 1 aromatic carbocycles. The summed E-state index contributed by atoms with van der Waals surface area (Å²) < 4.78 is 39.4. The molecule has 0 aliphatic carbocycles. The van der Waals surface area contributed by atoms with Crippen LogP contribution in [0.4, 0.5) is 18.0 Å². The molecule has 21 heavy (non-hydrogen) atoms. The minimum absolute atomic E-state index is 0.241. The predicted molar refractivity (Wildman–Crippen MR) is 72.7 cm³/mol. The third-order valence-electron chi connectivity index (χ3n) is 3.19. The fraction of sp³-hybridized carbons (Fsp3) is 0.333. The first-order valence-corrected chi connectivity index (χ1v) is 6.88. The number of benzene rings is 1. The highest BCUT2D eigenvalue weighted by Gasteiger charge is 2.64. The molecule has 1 fully saturated rings. The summed E-state index contributed by atoms with van der Waals surface area (Å²) in [5, 5.41) is 1.92. The van der Waals surface area contributed by atoms with Crippen LogP contribution in [-0.2, 0) is 11.3 Å². The van der Waals surface area contributed by atoms with Gasteiger partial charge < -0.3 is 5.32 Å². The highest BCUT2D eigenvalue weighted by Crippen LogP contribution is 2.36. The smallest absolute Gasteiger partial charge is 0.316 e. The van der Waals surface area contributed by atoms with Gasteiger partial charge in [0.1, 0.15) is 0 Å². The van der Waals surface area contributed by atoms with Gasteiger partial charge >= 0.3 is 12.2 Å². The fourth-order valence-electron chi connectivity index (χ4n) is 1.85. The van der Waals surface area contributed by atoms with E-state index in [1.165, 1.54) is 12.1 Å². The van der Waals surface area contributed by atoms with Gasteiger partial charge in [-0.15, -0.1) is 0 Å². The van der Waals surface area contributed by atoms with Gasteiger partial charge in [-0.3, -0.25) is 9.69 Å². The van der Waals surface area contributed by atoms with Crippen molar-refractivity contribution in [1.82, 2.24) is 10.2 Å². The van der Waals surface area contributed by atoms with Gasteiger partial charge in [-0.25, -0.2) is 4.79 Å². The second-order valence-corrected chi connectivity index (χ2v) is 6.00. The zero-order chi connectivity index (χ0) is 16.0. The van der Waals surface area contributed by atoms with Gasteiger partial charge in [-0.05, 0) is 24.6 Å². The number of halogens is 5. The molecule has 0 bridgehead atoms. The zero-order valence-electron chi connectivity index (χ0n) is 10.6. The molecule has 1 saturated heterocycles. The van der Waals surface area contributed by atoms with Crippen molar-refractivity contribution in [2.24, 2.45) is 0 Å². The Morgan fingerprint density at radius 3 is 2.48 bits per heavy atom. The summed E-state index contributed by atoms with van der Waals surface area (Å²) in [6.45, 7) is 0.304. The summed E-state index contributed by atoms with van der Waals surface area (Å²) in [5.74, 6) is -1.35. The Bertz CT molecular complexity index is 623. The van der Waals surface area contributed by atoms with E-state index in [-0.39, 0.29) is 11.6 Å². The van der Waals surface area contributed by atoms with Crippen molar-refractivity contribution in [3.05, 3.63) is 33.3 Å². The maximum absolute atomic E-state index is 12.9. The van der Waals surface area contributed by atoms with Gasteiger partial charge in [0, 0.05) is 9.50 Å². The van der Waals surface area contributed by atoms with E-state index in [0.29, 0.717) is 21.9 Å². The van der Waals surface area contributed by atoms with Gasteiger partial charge in [0.25, 0.3) is 5.91 Å². The van der Waals surface area contributed by atoms with Crippen molar-refractivity contribution in [3.63, 3.8) is 0 Å². The van der Waals surface area contributed by atoms with Crippen LogP contribution in [0, 0.1) is 0 Å². The fourth-order valence-corrected chi connectivity index (χ4v) is 2.59. The normalized spacial score (nSPS) is 22.7. The highest BCUT2D eigenvalue weighted by molar-refractivity contribution is 9.10. The number of rotatable bonds is 2. The molecule has 1 atom stereocenters. The van der Waals surface area contributed by atoms with E-state index in [2.05, 4.69) is 15.9 Å². The Kier molecular flexibility index (Phi) is 3.96. The summed E-state index contributed by atoms with van der Waals surface area (Å²) in [4.78, 5) is 24.1. The third-order valence-corrected chi connectivity index (χ3v) is 4.03.